The third-order valence-electron chi connectivity index (χ3n) is 2.96. The number of imidazole rings is 1. The second kappa shape index (κ2) is 6.50. The normalized spacial score (nSPS) is 11.7. The molecule has 2 rings (SSSR count). The van der Waals surface area contributed by atoms with Gasteiger partial charge < -0.3 is 9.30 Å². The minimum Gasteiger partial charge on any atom is -0.377 e. The number of alkyl halides is 1. The van der Waals surface area contributed by atoms with Crippen molar-refractivity contribution in [1.29, 1.82) is 0 Å². The first-order valence-corrected chi connectivity index (χ1v) is 7.08. The SMILES string of the molecule is CC(C)OCCn1c(CCCl)nc2ccc(F)c(F)c21. The Morgan fingerprint density at radius 3 is 2.75 bits per heavy atom. The van der Waals surface area contributed by atoms with Crippen LogP contribution in [0.4, 0.5) is 8.78 Å². The zero-order valence-electron chi connectivity index (χ0n) is 11.5. The molecule has 20 heavy (non-hydrogen) atoms. The molecular weight excluding hydrogens is 286 g/mol. The van der Waals surface area contributed by atoms with Crippen LogP contribution >= 0.6 is 11.6 Å². The lowest BCUT2D eigenvalue weighted by Gasteiger charge is -2.11. The predicted octanol–water partition coefficient (Wildman–Crippen LogP) is 3.52. The molecule has 2 aromatic rings. The maximum atomic E-state index is 14.0. The van der Waals surface area contributed by atoms with E-state index in [4.69, 9.17) is 16.3 Å². The van der Waals surface area contributed by atoms with E-state index in [2.05, 4.69) is 4.98 Å². The predicted molar refractivity (Wildman–Crippen MR) is 75.2 cm³/mol. The molecule has 0 radical (unpaired) electrons. The van der Waals surface area contributed by atoms with Crippen LogP contribution in [0.2, 0.25) is 0 Å². The van der Waals surface area contributed by atoms with Gasteiger partial charge in [0, 0.05) is 18.8 Å². The molecule has 0 aliphatic rings. The Hall–Kier alpha value is -1.20. The number of nitrogens with zero attached hydrogens (tertiary/aromatic N) is 2. The molecule has 0 spiro atoms. The number of aryl methyl sites for hydroxylation is 1. The van der Waals surface area contributed by atoms with E-state index in [0.717, 1.165) is 6.07 Å². The molecule has 0 saturated carbocycles. The number of fused-ring (bicyclic) bond motifs is 1. The van der Waals surface area contributed by atoms with E-state index in [1.54, 1.807) is 4.57 Å². The number of benzene rings is 1. The van der Waals surface area contributed by atoms with Gasteiger partial charge in [-0.2, -0.15) is 0 Å². The number of hydrogen-bond acceptors (Lipinski definition) is 2. The lowest BCUT2D eigenvalue weighted by Crippen LogP contribution is -2.13. The quantitative estimate of drug-likeness (QED) is 0.763. The summed E-state index contributed by atoms with van der Waals surface area (Å²) in [6.45, 7) is 4.67. The van der Waals surface area contributed by atoms with Crippen LogP contribution < -0.4 is 0 Å². The molecule has 0 unspecified atom stereocenters. The molecule has 0 atom stereocenters. The molecule has 0 aliphatic carbocycles. The van der Waals surface area contributed by atoms with E-state index in [-0.39, 0.29) is 11.6 Å². The molecule has 6 heteroatoms. The summed E-state index contributed by atoms with van der Waals surface area (Å²) < 4.78 is 34.5. The van der Waals surface area contributed by atoms with Crippen molar-refractivity contribution in [2.45, 2.75) is 32.9 Å². The molecule has 0 fully saturated rings. The first kappa shape index (κ1) is 15.2. The van der Waals surface area contributed by atoms with Crippen LogP contribution in [0.15, 0.2) is 12.1 Å². The zero-order chi connectivity index (χ0) is 14.7. The van der Waals surface area contributed by atoms with Crippen molar-refractivity contribution >= 4 is 22.6 Å². The first-order chi connectivity index (χ1) is 9.54. The van der Waals surface area contributed by atoms with Crippen molar-refractivity contribution < 1.29 is 13.5 Å². The van der Waals surface area contributed by atoms with Crippen molar-refractivity contribution in [1.82, 2.24) is 9.55 Å². The number of hydrogen-bond donors (Lipinski definition) is 0. The summed E-state index contributed by atoms with van der Waals surface area (Å²) in [6, 6.07) is 2.56. The van der Waals surface area contributed by atoms with Crippen molar-refractivity contribution in [3.8, 4) is 0 Å². The van der Waals surface area contributed by atoms with E-state index >= 15 is 0 Å². The summed E-state index contributed by atoms with van der Waals surface area (Å²) in [7, 11) is 0. The number of ether oxygens (including phenoxy) is 1. The van der Waals surface area contributed by atoms with Gasteiger partial charge in [0.2, 0.25) is 0 Å². The van der Waals surface area contributed by atoms with Gasteiger partial charge in [0.15, 0.2) is 11.6 Å². The first-order valence-electron chi connectivity index (χ1n) is 6.55. The van der Waals surface area contributed by atoms with Crippen LogP contribution in [-0.4, -0.2) is 28.1 Å². The highest BCUT2D eigenvalue weighted by molar-refractivity contribution is 6.17. The highest BCUT2D eigenvalue weighted by atomic mass is 35.5. The van der Waals surface area contributed by atoms with E-state index < -0.39 is 11.6 Å². The zero-order valence-corrected chi connectivity index (χ0v) is 12.3. The number of aromatic nitrogens is 2. The molecule has 0 aliphatic heterocycles. The summed E-state index contributed by atoms with van der Waals surface area (Å²) in [6.07, 6.45) is 0.585. The average Bonchev–Trinajstić information content (AvgIpc) is 2.73. The Morgan fingerprint density at radius 2 is 2.10 bits per heavy atom. The lowest BCUT2D eigenvalue weighted by atomic mass is 10.3. The Kier molecular flexibility index (Phi) is 4.94. The molecule has 110 valence electrons. The van der Waals surface area contributed by atoms with E-state index in [1.807, 2.05) is 13.8 Å². The number of halogens is 3. The molecule has 0 saturated heterocycles. The second-order valence-corrected chi connectivity index (χ2v) is 5.15. The summed E-state index contributed by atoms with van der Waals surface area (Å²) >= 11 is 5.74. The summed E-state index contributed by atoms with van der Waals surface area (Å²) in [5, 5.41) is 0. The maximum absolute atomic E-state index is 14.0. The fourth-order valence-electron chi connectivity index (χ4n) is 2.10. The second-order valence-electron chi connectivity index (χ2n) is 4.77. The summed E-state index contributed by atoms with van der Waals surface area (Å²) in [4.78, 5) is 4.32. The largest absolute Gasteiger partial charge is 0.377 e. The molecule has 1 heterocycles. The minimum absolute atomic E-state index is 0.0860. The average molecular weight is 303 g/mol. The van der Waals surface area contributed by atoms with Gasteiger partial charge in [0.25, 0.3) is 0 Å². The Bertz CT molecular complexity index is 598. The Balaban J connectivity index is 2.41. The van der Waals surface area contributed by atoms with Gasteiger partial charge in [0.05, 0.1) is 18.2 Å². The van der Waals surface area contributed by atoms with Gasteiger partial charge in [-0.1, -0.05) is 0 Å². The van der Waals surface area contributed by atoms with Crippen LogP contribution in [0.25, 0.3) is 11.0 Å². The van der Waals surface area contributed by atoms with Crippen LogP contribution in [0.3, 0.4) is 0 Å². The lowest BCUT2D eigenvalue weighted by molar-refractivity contribution is 0.0728. The maximum Gasteiger partial charge on any atom is 0.184 e. The molecular formula is C14H17ClF2N2O. The van der Waals surface area contributed by atoms with E-state index in [1.165, 1.54) is 6.07 Å². The van der Waals surface area contributed by atoms with Crippen molar-refractivity contribution in [2.75, 3.05) is 12.5 Å². The van der Waals surface area contributed by atoms with Crippen molar-refractivity contribution in [3.63, 3.8) is 0 Å². The van der Waals surface area contributed by atoms with Gasteiger partial charge in [-0.05, 0) is 26.0 Å². The molecule has 1 aromatic carbocycles. The summed E-state index contributed by atoms with van der Waals surface area (Å²) in [5.41, 5.74) is 0.617. The van der Waals surface area contributed by atoms with E-state index in [9.17, 15) is 8.78 Å². The fraction of sp³-hybridized carbons (Fsp3) is 0.500. The van der Waals surface area contributed by atoms with Gasteiger partial charge in [-0.3, -0.25) is 0 Å². The third kappa shape index (κ3) is 3.10. The van der Waals surface area contributed by atoms with Crippen LogP contribution in [0, 0.1) is 11.6 Å². The Morgan fingerprint density at radius 1 is 1.35 bits per heavy atom. The van der Waals surface area contributed by atoms with Gasteiger partial charge in [-0.25, -0.2) is 13.8 Å². The van der Waals surface area contributed by atoms with Gasteiger partial charge in [-0.15, -0.1) is 11.6 Å². The van der Waals surface area contributed by atoms with Crippen molar-refractivity contribution in [2.24, 2.45) is 0 Å². The fourth-order valence-corrected chi connectivity index (χ4v) is 2.27. The molecule has 0 amide bonds. The van der Waals surface area contributed by atoms with E-state index in [0.29, 0.717) is 36.8 Å². The van der Waals surface area contributed by atoms with Crippen molar-refractivity contribution in [3.05, 3.63) is 29.6 Å². The van der Waals surface area contributed by atoms with Crippen LogP contribution in [0.1, 0.15) is 19.7 Å². The monoisotopic (exact) mass is 302 g/mol. The Labute approximate surface area is 121 Å². The highest BCUT2D eigenvalue weighted by Gasteiger charge is 2.17. The molecule has 0 N–H and O–H groups in total. The number of rotatable bonds is 6. The standard InChI is InChI=1S/C14H17ClF2N2O/c1-9(2)20-8-7-19-12(5-6-15)18-11-4-3-10(16)13(17)14(11)19/h3-4,9H,5-8H2,1-2H3. The third-order valence-corrected chi connectivity index (χ3v) is 3.15. The molecule has 1 aromatic heterocycles. The van der Waals surface area contributed by atoms with Crippen LogP contribution in [0.5, 0.6) is 0 Å². The van der Waals surface area contributed by atoms with Crippen LogP contribution in [-0.2, 0) is 17.7 Å². The topological polar surface area (TPSA) is 27.1 Å². The molecule has 3 nitrogen and oxygen atoms in total. The summed E-state index contributed by atoms with van der Waals surface area (Å²) in [5.74, 6) is -0.730. The smallest absolute Gasteiger partial charge is 0.184 e. The van der Waals surface area contributed by atoms with Gasteiger partial charge in [0.1, 0.15) is 11.3 Å². The highest BCUT2D eigenvalue weighted by Crippen LogP contribution is 2.22. The minimum atomic E-state index is -0.875. The van der Waals surface area contributed by atoms with Gasteiger partial charge >= 0.3 is 0 Å². The molecule has 0 bridgehead atoms.